The van der Waals surface area contributed by atoms with Crippen molar-refractivity contribution in [2.24, 2.45) is 0 Å². The van der Waals surface area contributed by atoms with E-state index in [-0.39, 0.29) is 18.2 Å². The molecule has 1 aromatic heterocycles. The summed E-state index contributed by atoms with van der Waals surface area (Å²) in [6.07, 6.45) is 1.54. The number of carbonyl (C=O) groups is 1. The molecular weight excluding hydrogens is 335 g/mol. The summed E-state index contributed by atoms with van der Waals surface area (Å²) in [6.45, 7) is -0.829. The number of halogens is 3. The number of esters is 1. The van der Waals surface area contributed by atoms with Crippen molar-refractivity contribution >= 4 is 5.97 Å². The Labute approximate surface area is 142 Å². The van der Waals surface area contributed by atoms with Crippen LogP contribution in [0.25, 0.3) is 0 Å². The average molecular weight is 353 g/mol. The molecule has 1 fully saturated rings. The van der Waals surface area contributed by atoms with Gasteiger partial charge in [-0.25, -0.2) is 22.8 Å². The number of carbonyl (C=O) groups excluding carboxylic acids is 1. The van der Waals surface area contributed by atoms with Crippen LogP contribution in [0.2, 0.25) is 0 Å². The molecule has 8 heteroatoms. The van der Waals surface area contributed by atoms with Gasteiger partial charge >= 0.3 is 5.97 Å². The maximum Gasteiger partial charge on any atom is 0.317 e. The molecule has 134 valence electrons. The first-order valence-electron chi connectivity index (χ1n) is 8.09. The lowest BCUT2D eigenvalue weighted by atomic mass is 9.79. The van der Waals surface area contributed by atoms with E-state index in [2.05, 4.69) is 10.1 Å². The minimum Gasteiger partial charge on any atom is -0.457 e. The van der Waals surface area contributed by atoms with Crippen LogP contribution in [0.3, 0.4) is 0 Å². The first-order valence-corrected chi connectivity index (χ1v) is 8.09. The first-order chi connectivity index (χ1) is 12.0. The smallest absolute Gasteiger partial charge is 0.317 e. The Hall–Kier alpha value is -2.38. The fourth-order valence-electron chi connectivity index (χ4n) is 3.31. The van der Waals surface area contributed by atoms with E-state index < -0.39 is 24.4 Å². The number of aromatic nitrogens is 3. The van der Waals surface area contributed by atoms with E-state index in [1.54, 1.807) is 12.1 Å². The van der Waals surface area contributed by atoms with Crippen LogP contribution >= 0.6 is 0 Å². The maximum absolute atomic E-state index is 13.2. The molecule has 0 bridgehead atoms. The van der Waals surface area contributed by atoms with Crippen LogP contribution < -0.4 is 0 Å². The van der Waals surface area contributed by atoms with Crippen molar-refractivity contribution in [2.75, 3.05) is 0 Å². The van der Waals surface area contributed by atoms with Gasteiger partial charge in [0.15, 0.2) is 12.4 Å². The van der Waals surface area contributed by atoms with Gasteiger partial charge < -0.3 is 4.74 Å². The zero-order valence-electron chi connectivity index (χ0n) is 13.5. The Morgan fingerprint density at radius 3 is 2.56 bits per heavy atom. The summed E-state index contributed by atoms with van der Waals surface area (Å²) in [5.74, 6) is -0.644. The van der Waals surface area contributed by atoms with E-state index in [9.17, 15) is 18.0 Å². The summed E-state index contributed by atoms with van der Waals surface area (Å²) in [4.78, 5) is 16.6. The molecule has 25 heavy (non-hydrogen) atoms. The predicted octanol–water partition coefficient (Wildman–Crippen LogP) is 3.24. The van der Waals surface area contributed by atoms with Crippen molar-refractivity contribution in [3.8, 4) is 0 Å². The first kappa shape index (κ1) is 17.4. The van der Waals surface area contributed by atoms with Crippen LogP contribution in [0.4, 0.5) is 13.2 Å². The largest absolute Gasteiger partial charge is 0.457 e. The van der Waals surface area contributed by atoms with Gasteiger partial charge in [-0.2, -0.15) is 5.10 Å². The minimum absolute atomic E-state index is 0.168. The molecule has 3 rings (SSSR count). The van der Waals surface area contributed by atoms with Crippen molar-refractivity contribution in [1.29, 1.82) is 0 Å². The molecule has 1 aliphatic carbocycles. The second kappa shape index (κ2) is 7.25. The van der Waals surface area contributed by atoms with Gasteiger partial charge in [-0.15, -0.1) is 0 Å². The fourth-order valence-corrected chi connectivity index (χ4v) is 3.31. The van der Waals surface area contributed by atoms with E-state index in [1.807, 2.05) is 0 Å². The van der Waals surface area contributed by atoms with E-state index in [0.29, 0.717) is 18.4 Å². The Balaban J connectivity index is 1.74. The van der Waals surface area contributed by atoms with Gasteiger partial charge in [-0.3, -0.25) is 4.79 Å². The number of hydrogen-bond donors (Lipinski definition) is 0. The highest BCUT2D eigenvalue weighted by atomic mass is 19.3. The lowest BCUT2D eigenvalue weighted by Gasteiger charge is -2.27. The van der Waals surface area contributed by atoms with E-state index in [1.165, 1.54) is 12.1 Å². The van der Waals surface area contributed by atoms with Crippen LogP contribution in [-0.2, 0) is 28.1 Å². The van der Waals surface area contributed by atoms with Crippen LogP contribution in [-0.4, -0.2) is 27.2 Å². The van der Waals surface area contributed by atoms with Gasteiger partial charge in [-0.1, -0.05) is 25.0 Å². The topological polar surface area (TPSA) is 57.0 Å². The third-order valence-corrected chi connectivity index (χ3v) is 4.58. The standard InChI is InChI=1S/C17H18F3N3O2/c18-13-5-3-12(4-6-13)17(7-1-2-8-17)16(24)25-10-15-21-11-22-23(15)9-14(19)20/h3-6,11,14H,1-2,7-10H2. The number of benzene rings is 1. The number of hydrogen-bond acceptors (Lipinski definition) is 4. The van der Waals surface area contributed by atoms with Gasteiger partial charge in [0.2, 0.25) is 0 Å². The fraction of sp³-hybridized carbons (Fsp3) is 0.471. The number of ether oxygens (including phenoxy) is 1. The van der Waals surface area contributed by atoms with Gasteiger partial charge in [-0.05, 0) is 30.5 Å². The quantitative estimate of drug-likeness (QED) is 0.748. The molecule has 5 nitrogen and oxygen atoms in total. The second-order valence-corrected chi connectivity index (χ2v) is 6.12. The lowest BCUT2D eigenvalue weighted by molar-refractivity contribution is -0.152. The third kappa shape index (κ3) is 3.67. The number of nitrogens with zero attached hydrogens (tertiary/aromatic N) is 3. The molecule has 0 amide bonds. The Morgan fingerprint density at radius 2 is 1.92 bits per heavy atom. The number of alkyl halides is 2. The molecule has 1 aromatic carbocycles. The summed E-state index contributed by atoms with van der Waals surface area (Å²) in [5.41, 5.74) is -0.105. The van der Waals surface area contributed by atoms with E-state index in [4.69, 9.17) is 4.74 Å². The molecule has 1 aliphatic rings. The molecule has 0 saturated heterocycles. The summed E-state index contributed by atoms with van der Waals surface area (Å²) >= 11 is 0. The molecule has 0 aliphatic heterocycles. The summed E-state index contributed by atoms with van der Waals surface area (Å²) in [5, 5.41) is 3.71. The zero-order chi connectivity index (χ0) is 17.9. The van der Waals surface area contributed by atoms with Crippen LogP contribution in [0.15, 0.2) is 30.6 Å². The Kier molecular flexibility index (Phi) is 5.06. The Morgan fingerprint density at radius 1 is 1.24 bits per heavy atom. The van der Waals surface area contributed by atoms with Crippen LogP contribution in [0.1, 0.15) is 37.1 Å². The summed E-state index contributed by atoms with van der Waals surface area (Å²) < 4.78 is 44.6. The lowest BCUT2D eigenvalue weighted by Crippen LogP contribution is -2.35. The van der Waals surface area contributed by atoms with Crippen molar-refractivity contribution in [1.82, 2.24) is 14.8 Å². The molecule has 1 saturated carbocycles. The van der Waals surface area contributed by atoms with Crippen molar-refractivity contribution < 1.29 is 22.7 Å². The molecular formula is C17H18F3N3O2. The molecule has 2 aromatic rings. The van der Waals surface area contributed by atoms with E-state index >= 15 is 0 Å². The maximum atomic E-state index is 13.2. The molecule has 0 N–H and O–H groups in total. The number of rotatable bonds is 6. The van der Waals surface area contributed by atoms with Crippen molar-refractivity contribution in [2.45, 2.75) is 50.7 Å². The van der Waals surface area contributed by atoms with Crippen LogP contribution in [0, 0.1) is 5.82 Å². The molecule has 0 radical (unpaired) electrons. The van der Waals surface area contributed by atoms with Gasteiger partial charge in [0.1, 0.15) is 18.7 Å². The molecule has 0 atom stereocenters. The summed E-state index contributed by atoms with van der Waals surface area (Å²) in [7, 11) is 0. The molecule has 0 unspecified atom stereocenters. The monoisotopic (exact) mass is 353 g/mol. The third-order valence-electron chi connectivity index (χ3n) is 4.58. The Bertz CT molecular complexity index is 725. The minimum atomic E-state index is -2.57. The normalized spacial score (nSPS) is 16.3. The van der Waals surface area contributed by atoms with Crippen molar-refractivity contribution in [3.05, 3.63) is 47.8 Å². The predicted molar refractivity (Wildman–Crippen MR) is 82.4 cm³/mol. The highest BCUT2D eigenvalue weighted by Crippen LogP contribution is 2.42. The molecule has 1 heterocycles. The highest BCUT2D eigenvalue weighted by Gasteiger charge is 2.44. The zero-order valence-corrected chi connectivity index (χ0v) is 13.5. The van der Waals surface area contributed by atoms with Crippen molar-refractivity contribution in [3.63, 3.8) is 0 Å². The summed E-state index contributed by atoms with van der Waals surface area (Å²) in [6, 6.07) is 5.84. The highest BCUT2D eigenvalue weighted by molar-refractivity contribution is 5.83. The van der Waals surface area contributed by atoms with Gasteiger partial charge in [0.05, 0.1) is 5.41 Å². The van der Waals surface area contributed by atoms with Gasteiger partial charge in [0, 0.05) is 0 Å². The van der Waals surface area contributed by atoms with Gasteiger partial charge in [0.25, 0.3) is 6.43 Å². The molecule has 0 spiro atoms. The SMILES string of the molecule is O=C(OCc1ncnn1CC(F)F)C1(c2ccc(F)cc2)CCCC1. The average Bonchev–Trinajstić information content (AvgIpc) is 3.23. The second-order valence-electron chi connectivity index (χ2n) is 6.12. The van der Waals surface area contributed by atoms with Crippen LogP contribution in [0.5, 0.6) is 0 Å². The van der Waals surface area contributed by atoms with E-state index in [0.717, 1.165) is 23.9 Å².